The molecule has 0 aromatic heterocycles. The highest BCUT2D eigenvalue weighted by atomic mass is 16.5. The van der Waals surface area contributed by atoms with E-state index in [0.717, 1.165) is 38.6 Å². The lowest BCUT2D eigenvalue weighted by Gasteiger charge is -2.01. The van der Waals surface area contributed by atoms with Gasteiger partial charge in [0.05, 0.1) is 6.61 Å². The van der Waals surface area contributed by atoms with Crippen molar-refractivity contribution in [2.75, 3.05) is 13.2 Å². The molecule has 1 N–H and O–H groups in total. The first-order valence-corrected chi connectivity index (χ1v) is 5.14. The maximum Gasteiger partial charge on any atom is 0.293 e. The third kappa shape index (κ3) is 10.9. The summed E-state index contributed by atoms with van der Waals surface area (Å²) >= 11 is 0. The molecule has 0 aromatic carbocycles. The van der Waals surface area contributed by atoms with Gasteiger partial charge in [-0.3, -0.25) is 9.59 Å². The average molecular weight is 201 g/mol. The number of hydrogen-bond acceptors (Lipinski definition) is 3. The summed E-state index contributed by atoms with van der Waals surface area (Å²) in [7, 11) is 0. The molecule has 0 saturated carbocycles. The summed E-state index contributed by atoms with van der Waals surface area (Å²) in [6, 6.07) is 0. The normalized spacial score (nSPS) is 9.43. The minimum atomic E-state index is 0.491. The zero-order chi connectivity index (χ0) is 10.5. The van der Waals surface area contributed by atoms with Crippen LogP contribution in [-0.2, 0) is 14.3 Å². The molecule has 0 fully saturated rings. The molecule has 1 amide bonds. The van der Waals surface area contributed by atoms with Crippen molar-refractivity contribution < 1.29 is 14.3 Å². The molecule has 0 radical (unpaired) electrons. The standard InChI is InChI=1S/C10H19NO3/c12-9-11-7-5-3-1-2-4-6-8-14-10-13/h9-10H,1-8H2,(H,11,12). The summed E-state index contributed by atoms with van der Waals surface area (Å²) in [5.41, 5.74) is 0. The van der Waals surface area contributed by atoms with Crippen molar-refractivity contribution in [2.24, 2.45) is 0 Å². The summed E-state index contributed by atoms with van der Waals surface area (Å²) in [4.78, 5) is 19.7. The third-order valence-corrected chi connectivity index (χ3v) is 1.98. The molecule has 0 spiro atoms. The van der Waals surface area contributed by atoms with Gasteiger partial charge >= 0.3 is 0 Å². The van der Waals surface area contributed by atoms with Crippen molar-refractivity contribution in [3.05, 3.63) is 0 Å². The van der Waals surface area contributed by atoms with Gasteiger partial charge in [-0.15, -0.1) is 0 Å². The Morgan fingerprint density at radius 2 is 1.57 bits per heavy atom. The number of rotatable bonds is 11. The molecule has 0 heterocycles. The second kappa shape index (κ2) is 11.9. The van der Waals surface area contributed by atoms with Gasteiger partial charge in [0, 0.05) is 6.54 Å². The van der Waals surface area contributed by atoms with Crippen LogP contribution in [0.5, 0.6) is 0 Å². The van der Waals surface area contributed by atoms with Crippen LogP contribution >= 0.6 is 0 Å². The van der Waals surface area contributed by atoms with Crippen LogP contribution in [0.25, 0.3) is 0 Å². The number of nitrogens with one attached hydrogen (secondary N) is 1. The monoisotopic (exact) mass is 201 g/mol. The van der Waals surface area contributed by atoms with E-state index in [0.29, 0.717) is 13.1 Å². The molecule has 0 aromatic rings. The van der Waals surface area contributed by atoms with E-state index in [4.69, 9.17) is 0 Å². The van der Waals surface area contributed by atoms with Crippen molar-refractivity contribution in [2.45, 2.75) is 38.5 Å². The first-order chi connectivity index (χ1) is 6.91. The number of unbranched alkanes of at least 4 members (excludes halogenated alkanes) is 5. The van der Waals surface area contributed by atoms with Gasteiger partial charge in [-0.1, -0.05) is 25.7 Å². The van der Waals surface area contributed by atoms with E-state index >= 15 is 0 Å². The van der Waals surface area contributed by atoms with Crippen LogP contribution in [0.2, 0.25) is 0 Å². The largest absolute Gasteiger partial charge is 0.468 e. The quantitative estimate of drug-likeness (QED) is 0.404. The van der Waals surface area contributed by atoms with Gasteiger partial charge in [0.1, 0.15) is 0 Å². The lowest BCUT2D eigenvalue weighted by molar-refractivity contribution is -0.128. The topological polar surface area (TPSA) is 55.4 Å². The van der Waals surface area contributed by atoms with Gasteiger partial charge in [0.15, 0.2) is 0 Å². The average Bonchev–Trinajstić information content (AvgIpc) is 2.21. The predicted octanol–water partition coefficient (Wildman–Crippen LogP) is 1.25. The molecule has 0 aliphatic carbocycles. The first-order valence-electron chi connectivity index (χ1n) is 5.14. The summed E-state index contributed by atoms with van der Waals surface area (Å²) in [6.07, 6.45) is 7.33. The van der Waals surface area contributed by atoms with Gasteiger partial charge in [-0.05, 0) is 12.8 Å². The molecule has 0 aliphatic heterocycles. The zero-order valence-corrected chi connectivity index (χ0v) is 8.54. The number of carbonyl (C=O) groups excluding carboxylic acids is 2. The van der Waals surface area contributed by atoms with E-state index in [1.54, 1.807) is 0 Å². The van der Waals surface area contributed by atoms with E-state index < -0.39 is 0 Å². The van der Waals surface area contributed by atoms with Crippen LogP contribution in [0.15, 0.2) is 0 Å². The Morgan fingerprint density at radius 1 is 0.929 bits per heavy atom. The highest BCUT2D eigenvalue weighted by Crippen LogP contribution is 2.04. The Balaban J connectivity index is 2.84. The van der Waals surface area contributed by atoms with Gasteiger partial charge in [-0.25, -0.2) is 0 Å². The Labute approximate surface area is 85.0 Å². The van der Waals surface area contributed by atoms with Gasteiger partial charge in [-0.2, -0.15) is 0 Å². The molecule has 0 saturated heterocycles. The fraction of sp³-hybridized carbons (Fsp3) is 0.800. The maximum absolute atomic E-state index is 9.89. The van der Waals surface area contributed by atoms with Crippen LogP contribution in [-0.4, -0.2) is 26.0 Å². The van der Waals surface area contributed by atoms with Crippen LogP contribution in [0.3, 0.4) is 0 Å². The Hall–Kier alpha value is -1.06. The smallest absolute Gasteiger partial charge is 0.293 e. The highest BCUT2D eigenvalue weighted by Gasteiger charge is 1.91. The second-order valence-corrected chi connectivity index (χ2v) is 3.16. The Morgan fingerprint density at radius 3 is 2.21 bits per heavy atom. The van der Waals surface area contributed by atoms with E-state index in [1.807, 2.05) is 0 Å². The maximum atomic E-state index is 9.89. The molecule has 4 heteroatoms. The lowest BCUT2D eigenvalue weighted by Crippen LogP contribution is -2.11. The first kappa shape index (κ1) is 12.9. The van der Waals surface area contributed by atoms with Gasteiger partial charge < -0.3 is 10.1 Å². The summed E-state index contributed by atoms with van der Waals surface area (Å²) in [5.74, 6) is 0. The van der Waals surface area contributed by atoms with Crippen LogP contribution in [0, 0.1) is 0 Å². The van der Waals surface area contributed by atoms with Gasteiger partial charge in [0.2, 0.25) is 6.41 Å². The summed E-state index contributed by atoms with van der Waals surface area (Å²) < 4.78 is 4.56. The molecule has 0 atom stereocenters. The third-order valence-electron chi connectivity index (χ3n) is 1.98. The molecular weight excluding hydrogens is 182 g/mol. The van der Waals surface area contributed by atoms with E-state index in [-0.39, 0.29) is 0 Å². The van der Waals surface area contributed by atoms with Crippen molar-refractivity contribution in [3.8, 4) is 0 Å². The summed E-state index contributed by atoms with van der Waals surface area (Å²) in [6.45, 7) is 1.80. The number of hydrogen-bond donors (Lipinski definition) is 1. The second-order valence-electron chi connectivity index (χ2n) is 3.16. The molecule has 0 aliphatic rings. The molecule has 82 valence electrons. The zero-order valence-electron chi connectivity index (χ0n) is 8.54. The minimum Gasteiger partial charge on any atom is -0.468 e. The summed E-state index contributed by atoms with van der Waals surface area (Å²) in [5, 5.41) is 2.63. The number of amides is 1. The number of ether oxygens (including phenoxy) is 1. The molecule has 4 nitrogen and oxygen atoms in total. The van der Waals surface area contributed by atoms with E-state index in [9.17, 15) is 9.59 Å². The Kier molecular flexibility index (Phi) is 11.0. The number of carbonyl (C=O) groups is 2. The molecule has 14 heavy (non-hydrogen) atoms. The van der Waals surface area contributed by atoms with Crippen LogP contribution in [0.4, 0.5) is 0 Å². The van der Waals surface area contributed by atoms with E-state index in [2.05, 4.69) is 10.1 Å². The highest BCUT2D eigenvalue weighted by molar-refractivity contribution is 5.45. The minimum absolute atomic E-state index is 0.491. The Bertz CT molecular complexity index is 123. The van der Waals surface area contributed by atoms with Crippen molar-refractivity contribution in [3.63, 3.8) is 0 Å². The van der Waals surface area contributed by atoms with Crippen molar-refractivity contribution in [1.82, 2.24) is 5.32 Å². The molecule has 0 unspecified atom stereocenters. The molecule has 0 bridgehead atoms. The van der Waals surface area contributed by atoms with Crippen molar-refractivity contribution in [1.29, 1.82) is 0 Å². The van der Waals surface area contributed by atoms with E-state index in [1.165, 1.54) is 12.8 Å². The van der Waals surface area contributed by atoms with Gasteiger partial charge in [0.25, 0.3) is 6.47 Å². The lowest BCUT2D eigenvalue weighted by atomic mass is 10.1. The fourth-order valence-corrected chi connectivity index (χ4v) is 1.23. The fourth-order valence-electron chi connectivity index (χ4n) is 1.23. The molecule has 0 rings (SSSR count). The molecular formula is C10H19NO3. The van der Waals surface area contributed by atoms with Crippen LogP contribution < -0.4 is 5.32 Å². The predicted molar refractivity (Wildman–Crippen MR) is 53.8 cm³/mol. The SMILES string of the molecule is O=CNCCCCCCCCOC=O. The van der Waals surface area contributed by atoms with Crippen molar-refractivity contribution >= 4 is 12.9 Å². The van der Waals surface area contributed by atoms with Crippen LogP contribution in [0.1, 0.15) is 38.5 Å².